The van der Waals surface area contributed by atoms with Gasteiger partial charge in [-0.05, 0) is 19.3 Å². The van der Waals surface area contributed by atoms with Crippen LogP contribution in [0.25, 0.3) is 0 Å². The molecule has 1 aliphatic carbocycles. The van der Waals surface area contributed by atoms with Gasteiger partial charge in [-0.2, -0.15) is 0 Å². The van der Waals surface area contributed by atoms with Crippen LogP contribution < -0.4 is 0 Å². The highest BCUT2D eigenvalue weighted by Gasteiger charge is 2.31. The highest BCUT2D eigenvalue weighted by Crippen LogP contribution is 2.26. The van der Waals surface area contributed by atoms with Gasteiger partial charge in [-0.1, -0.05) is 0 Å². The number of hydrogen-bond acceptors (Lipinski definition) is 2. The van der Waals surface area contributed by atoms with Crippen molar-refractivity contribution in [1.82, 2.24) is 0 Å². The van der Waals surface area contributed by atoms with E-state index in [0.717, 1.165) is 13.2 Å². The van der Waals surface area contributed by atoms with E-state index in [9.17, 15) is 0 Å². The fourth-order valence-electron chi connectivity index (χ4n) is 1.67. The lowest BCUT2D eigenvalue weighted by molar-refractivity contribution is -0.124. The van der Waals surface area contributed by atoms with Crippen LogP contribution in [0.5, 0.6) is 0 Å². The highest BCUT2D eigenvalue weighted by molar-refractivity contribution is 4.80. The second kappa shape index (κ2) is 2.27. The fourth-order valence-corrected chi connectivity index (χ4v) is 1.67. The Labute approximate surface area is 55.1 Å². The highest BCUT2D eigenvalue weighted by atomic mass is 16.6. The maximum atomic E-state index is 5.48. The molecule has 2 heteroatoms. The Balaban J connectivity index is 1.97. The predicted molar refractivity (Wildman–Crippen MR) is 33.3 cm³/mol. The Hall–Kier alpha value is -0.0800. The molecule has 0 aromatic heterocycles. The van der Waals surface area contributed by atoms with Crippen molar-refractivity contribution in [2.75, 3.05) is 13.2 Å². The molecule has 1 saturated heterocycles. The van der Waals surface area contributed by atoms with Gasteiger partial charge < -0.3 is 9.47 Å². The summed E-state index contributed by atoms with van der Waals surface area (Å²) in [6.07, 6.45) is 4.60. The minimum Gasteiger partial charge on any atom is -0.373 e. The van der Waals surface area contributed by atoms with Gasteiger partial charge in [0, 0.05) is 0 Å². The summed E-state index contributed by atoms with van der Waals surface area (Å²) in [6, 6.07) is 0. The number of rotatable bonds is 0. The average Bonchev–Trinajstić information content (AvgIpc) is 2.33. The fraction of sp³-hybridized carbons (Fsp3) is 1.00. The zero-order chi connectivity index (χ0) is 6.10. The average molecular weight is 128 g/mol. The van der Waals surface area contributed by atoms with Crippen LogP contribution in [-0.4, -0.2) is 25.4 Å². The number of hydrogen-bond donors (Lipinski definition) is 0. The molecule has 2 atom stereocenters. The first-order chi connectivity index (χ1) is 4.47. The van der Waals surface area contributed by atoms with Gasteiger partial charge in [0.15, 0.2) is 0 Å². The van der Waals surface area contributed by atoms with Gasteiger partial charge in [0.05, 0.1) is 25.4 Å². The summed E-state index contributed by atoms with van der Waals surface area (Å²) >= 11 is 0. The van der Waals surface area contributed by atoms with Crippen molar-refractivity contribution in [2.45, 2.75) is 31.5 Å². The Bertz CT molecular complexity index is 91.1. The molecular weight excluding hydrogens is 116 g/mol. The van der Waals surface area contributed by atoms with Gasteiger partial charge in [0.1, 0.15) is 0 Å². The van der Waals surface area contributed by atoms with E-state index in [2.05, 4.69) is 0 Å². The quantitative estimate of drug-likeness (QED) is 0.483. The first kappa shape index (κ1) is 5.69. The molecule has 9 heavy (non-hydrogen) atoms. The molecule has 2 unspecified atom stereocenters. The lowest BCUT2D eigenvalue weighted by Crippen LogP contribution is -2.33. The normalized spacial score (nSPS) is 42.7. The van der Waals surface area contributed by atoms with Gasteiger partial charge in [-0.3, -0.25) is 0 Å². The van der Waals surface area contributed by atoms with Gasteiger partial charge in [0.25, 0.3) is 0 Å². The number of ether oxygens (including phenoxy) is 2. The van der Waals surface area contributed by atoms with Crippen molar-refractivity contribution < 1.29 is 9.47 Å². The lowest BCUT2D eigenvalue weighted by Gasteiger charge is -2.25. The van der Waals surface area contributed by atoms with Crippen LogP contribution in [0.15, 0.2) is 0 Å². The van der Waals surface area contributed by atoms with Gasteiger partial charge in [0.2, 0.25) is 0 Å². The standard InChI is InChI=1S/C7H12O2/c1-2-6-7(3-1)9-5-4-8-6/h6-7H,1-5H2. The van der Waals surface area contributed by atoms with Crippen molar-refractivity contribution in [3.8, 4) is 0 Å². The molecule has 1 heterocycles. The summed E-state index contributed by atoms with van der Waals surface area (Å²) in [4.78, 5) is 0. The van der Waals surface area contributed by atoms with Crippen LogP contribution in [-0.2, 0) is 9.47 Å². The van der Waals surface area contributed by atoms with Crippen LogP contribution in [0.1, 0.15) is 19.3 Å². The molecule has 0 radical (unpaired) electrons. The van der Waals surface area contributed by atoms with E-state index in [4.69, 9.17) is 9.47 Å². The molecule has 0 amide bonds. The molecule has 2 rings (SSSR count). The third kappa shape index (κ3) is 0.970. The summed E-state index contributed by atoms with van der Waals surface area (Å²) < 4.78 is 11.0. The molecule has 0 spiro atoms. The molecule has 1 aliphatic heterocycles. The Kier molecular flexibility index (Phi) is 1.44. The molecule has 0 N–H and O–H groups in total. The predicted octanol–water partition coefficient (Wildman–Crippen LogP) is 0.954. The summed E-state index contributed by atoms with van der Waals surface area (Å²) in [5.41, 5.74) is 0. The van der Waals surface area contributed by atoms with Gasteiger partial charge >= 0.3 is 0 Å². The summed E-state index contributed by atoms with van der Waals surface area (Å²) in [7, 11) is 0. The monoisotopic (exact) mass is 128 g/mol. The van der Waals surface area contributed by atoms with Gasteiger partial charge in [-0.25, -0.2) is 0 Å². The van der Waals surface area contributed by atoms with Crippen LogP contribution in [0.3, 0.4) is 0 Å². The van der Waals surface area contributed by atoms with Crippen molar-refractivity contribution in [3.63, 3.8) is 0 Å². The van der Waals surface area contributed by atoms with E-state index < -0.39 is 0 Å². The molecule has 0 aromatic rings. The maximum Gasteiger partial charge on any atom is 0.0837 e. The summed E-state index contributed by atoms with van der Waals surface area (Å²) in [5, 5.41) is 0. The van der Waals surface area contributed by atoms with Crippen LogP contribution in [0.2, 0.25) is 0 Å². The van der Waals surface area contributed by atoms with E-state index in [1.165, 1.54) is 19.3 Å². The van der Waals surface area contributed by atoms with E-state index in [-0.39, 0.29) is 0 Å². The first-order valence-electron chi connectivity index (χ1n) is 3.70. The molecule has 0 aromatic carbocycles. The third-order valence-electron chi connectivity index (χ3n) is 2.14. The van der Waals surface area contributed by atoms with E-state index in [0.29, 0.717) is 12.2 Å². The third-order valence-corrected chi connectivity index (χ3v) is 2.14. The van der Waals surface area contributed by atoms with Crippen LogP contribution >= 0.6 is 0 Å². The van der Waals surface area contributed by atoms with Crippen molar-refractivity contribution >= 4 is 0 Å². The minimum absolute atomic E-state index is 0.443. The van der Waals surface area contributed by atoms with Gasteiger partial charge in [-0.15, -0.1) is 0 Å². The van der Waals surface area contributed by atoms with Crippen molar-refractivity contribution in [2.24, 2.45) is 0 Å². The molecule has 1 saturated carbocycles. The zero-order valence-electron chi connectivity index (χ0n) is 5.51. The van der Waals surface area contributed by atoms with E-state index in [1.807, 2.05) is 0 Å². The largest absolute Gasteiger partial charge is 0.373 e. The Morgan fingerprint density at radius 2 is 1.44 bits per heavy atom. The van der Waals surface area contributed by atoms with Crippen molar-refractivity contribution in [1.29, 1.82) is 0 Å². The second-order valence-corrected chi connectivity index (χ2v) is 2.75. The summed E-state index contributed by atoms with van der Waals surface area (Å²) in [5.74, 6) is 0. The first-order valence-corrected chi connectivity index (χ1v) is 3.70. The smallest absolute Gasteiger partial charge is 0.0837 e. The van der Waals surface area contributed by atoms with Crippen LogP contribution in [0.4, 0.5) is 0 Å². The topological polar surface area (TPSA) is 18.5 Å². The maximum absolute atomic E-state index is 5.48. The minimum atomic E-state index is 0.443. The molecule has 52 valence electrons. The Morgan fingerprint density at radius 3 is 2.00 bits per heavy atom. The second-order valence-electron chi connectivity index (χ2n) is 2.75. The zero-order valence-corrected chi connectivity index (χ0v) is 5.51. The molecule has 0 bridgehead atoms. The van der Waals surface area contributed by atoms with Crippen molar-refractivity contribution in [3.05, 3.63) is 0 Å². The number of fused-ring (bicyclic) bond motifs is 1. The summed E-state index contributed by atoms with van der Waals surface area (Å²) in [6.45, 7) is 1.61. The molecule has 2 fully saturated rings. The van der Waals surface area contributed by atoms with Crippen LogP contribution in [0, 0.1) is 0 Å². The lowest BCUT2D eigenvalue weighted by atomic mass is 10.2. The molecular formula is C7H12O2. The Morgan fingerprint density at radius 1 is 0.889 bits per heavy atom. The SMILES string of the molecule is C1CC2OCCOC2C1. The van der Waals surface area contributed by atoms with E-state index >= 15 is 0 Å². The van der Waals surface area contributed by atoms with E-state index in [1.54, 1.807) is 0 Å². The molecule has 2 aliphatic rings. The molecule has 2 nitrogen and oxygen atoms in total.